The van der Waals surface area contributed by atoms with Crippen molar-refractivity contribution in [2.24, 2.45) is 7.05 Å². The fourth-order valence-corrected chi connectivity index (χ4v) is 3.47. The summed E-state index contributed by atoms with van der Waals surface area (Å²) in [6.07, 6.45) is 1.87. The summed E-state index contributed by atoms with van der Waals surface area (Å²) in [4.78, 5) is 18.4. The van der Waals surface area contributed by atoms with E-state index in [1.54, 1.807) is 29.8 Å². The zero-order valence-corrected chi connectivity index (χ0v) is 15.9. The van der Waals surface area contributed by atoms with Gasteiger partial charge in [0.1, 0.15) is 5.15 Å². The van der Waals surface area contributed by atoms with Crippen molar-refractivity contribution >= 4 is 28.9 Å². The van der Waals surface area contributed by atoms with Crippen LogP contribution in [0.15, 0.2) is 36.5 Å². The van der Waals surface area contributed by atoms with Crippen LogP contribution in [0.4, 0.5) is 11.4 Å². The Morgan fingerprint density at radius 3 is 2.74 bits per heavy atom. The quantitative estimate of drug-likeness (QED) is 0.698. The summed E-state index contributed by atoms with van der Waals surface area (Å²) < 4.78 is 7.39. The van der Waals surface area contributed by atoms with Crippen molar-refractivity contribution in [3.05, 3.63) is 52.9 Å². The summed E-state index contributed by atoms with van der Waals surface area (Å²) in [5.74, 6) is 0.549. The van der Waals surface area contributed by atoms with Crippen molar-refractivity contribution in [3.63, 3.8) is 0 Å². The second kappa shape index (κ2) is 6.59. The molecule has 1 aliphatic heterocycles. The fourth-order valence-electron chi connectivity index (χ4n) is 3.26. The van der Waals surface area contributed by atoms with Gasteiger partial charge in [0.05, 0.1) is 42.0 Å². The van der Waals surface area contributed by atoms with Gasteiger partial charge < -0.3 is 15.0 Å². The van der Waals surface area contributed by atoms with Crippen molar-refractivity contribution in [2.45, 2.75) is 6.54 Å². The number of para-hydroxylation sites is 1. The molecule has 2 aromatic heterocycles. The first-order chi connectivity index (χ1) is 13.0. The SMILES string of the molecule is COc1c(Nc2cc(Cl)nc3c2C(=O)N(C)C3)cccc1-c1ccn(C)n1. The van der Waals surface area contributed by atoms with Gasteiger partial charge in [0.15, 0.2) is 5.75 Å². The first kappa shape index (κ1) is 17.4. The van der Waals surface area contributed by atoms with Crippen LogP contribution in [0.1, 0.15) is 16.1 Å². The predicted octanol–water partition coefficient (Wildman–Crippen LogP) is 3.47. The summed E-state index contributed by atoms with van der Waals surface area (Å²) >= 11 is 6.17. The van der Waals surface area contributed by atoms with Gasteiger partial charge in [-0.05, 0) is 24.3 Å². The molecule has 138 valence electrons. The number of ether oxygens (including phenoxy) is 1. The number of amides is 1. The first-order valence-electron chi connectivity index (χ1n) is 8.37. The van der Waals surface area contributed by atoms with Crippen molar-refractivity contribution in [2.75, 3.05) is 19.5 Å². The first-order valence-corrected chi connectivity index (χ1v) is 8.74. The van der Waals surface area contributed by atoms with E-state index in [9.17, 15) is 4.79 Å². The van der Waals surface area contributed by atoms with Gasteiger partial charge >= 0.3 is 0 Å². The number of carbonyl (C=O) groups excluding carboxylic acids is 1. The van der Waals surface area contributed by atoms with Crippen LogP contribution in [0, 0.1) is 0 Å². The standard InChI is InChI=1S/C19H18ClN5O2/c1-24-10-15-17(19(24)26)14(9-16(20)22-15)21-13-6-4-5-11(18(13)27-3)12-7-8-25(2)23-12/h4-9H,10H2,1-3H3,(H,21,22). The molecule has 0 saturated carbocycles. The number of aryl methyl sites for hydroxylation is 1. The number of anilines is 2. The van der Waals surface area contributed by atoms with Crippen LogP contribution in [0.25, 0.3) is 11.3 Å². The molecule has 1 amide bonds. The molecule has 27 heavy (non-hydrogen) atoms. The molecule has 0 spiro atoms. The topological polar surface area (TPSA) is 72.3 Å². The van der Waals surface area contributed by atoms with E-state index in [0.717, 1.165) is 11.3 Å². The van der Waals surface area contributed by atoms with Gasteiger partial charge in [-0.25, -0.2) is 4.98 Å². The number of halogens is 1. The summed E-state index contributed by atoms with van der Waals surface area (Å²) in [5.41, 5.74) is 4.17. The lowest BCUT2D eigenvalue weighted by Crippen LogP contribution is -2.18. The van der Waals surface area contributed by atoms with E-state index < -0.39 is 0 Å². The minimum Gasteiger partial charge on any atom is -0.494 e. The van der Waals surface area contributed by atoms with Gasteiger partial charge in [0.2, 0.25) is 0 Å². The van der Waals surface area contributed by atoms with Crippen molar-refractivity contribution in [1.29, 1.82) is 0 Å². The number of pyridine rings is 1. The highest BCUT2D eigenvalue weighted by Gasteiger charge is 2.30. The van der Waals surface area contributed by atoms with Gasteiger partial charge in [-0.2, -0.15) is 5.10 Å². The van der Waals surface area contributed by atoms with E-state index >= 15 is 0 Å². The van der Waals surface area contributed by atoms with Crippen molar-refractivity contribution in [3.8, 4) is 17.0 Å². The molecule has 8 heteroatoms. The number of benzene rings is 1. The molecule has 3 heterocycles. The van der Waals surface area contributed by atoms with Gasteiger partial charge in [-0.15, -0.1) is 0 Å². The van der Waals surface area contributed by atoms with Crippen LogP contribution in [0.2, 0.25) is 5.15 Å². The number of hydrogen-bond acceptors (Lipinski definition) is 5. The van der Waals surface area contributed by atoms with Crippen LogP contribution in [-0.2, 0) is 13.6 Å². The van der Waals surface area contributed by atoms with Gasteiger partial charge in [0, 0.05) is 25.9 Å². The van der Waals surface area contributed by atoms with Gasteiger partial charge in [-0.3, -0.25) is 9.48 Å². The predicted molar refractivity (Wildman–Crippen MR) is 104 cm³/mol. The molecule has 0 saturated heterocycles. The molecule has 0 bridgehead atoms. The molecule has 0 unspecified atom stereocenters. The molecule has 0 fully saturated rings. The molecule has 7 nitrogen and oxygen atoms in total. The Bertz CT molecular complexity index is 1050. The molecule has 0 atom stereocenters. The van der Waals surface area contributed by atoms with E-state index in [-0.39, 0.29) is 5.91 Å². The molecule has 3 aromatic rings. The molecule has 1 aromatic carbocycles. The molecular weight excluding hydrogens is 366 g/mol. The highest BCUT2D eigenvalue weighted by molar-refractivity contribution is 6.30. The van der Waals surface area contributed by atoms with Crippen LogP contribution in [0.3, 0.4) is 0 Å². The van der Waals surface area contributed by atoms with E-state index in [1.807, 2.05) is 37.5 Å². The number of hydrogen-bond donors (Lipinski definition) is 1. The number of fused-ring (bicyclic) bond motifs is 1. The summed E-state index contributed by atoms with van der Waals surface area (Å²) in [6.45, 7) is 0.439. The second-order valence-corrected chi connectivity index (χ2v) is 6.75. The Balaban J connectivity index is 1.80. The number of rotatable bonds is 4. The average Bonchev–Trinajstić information content (AvgIpc) is 3.18. The fraction of sp³-hybridized carbons (Fsp3) is 0.211. The minimum absolute atomic E-state index is 0.0866. The zero-order chi connectivity index (χ0) is 19.1. The highest BCUT2D eigenvalue weighted by atomic mass is 35.5. The summed E-state index contributed by atoms with van der Waals surface area (Å²) in [6, 6.07) is 9.31. The Kier molecular flexibility index (Phi) is 4.24. The third-order valence-corrected chi connectivity index (χ3v) is 4.68. The summed E-state index contributed by atoms with van der Waals surface area (Å²) in [5, 5.41) is 8.08. The van der Waals surface area contributed by atoms with Crippen LogP contribution < -0.4 is 10.1 Å². The number of nitrogens with zero attached hydrogens (tertiary/aromatic N) is 4. The Morgan fingerprint density at radius 2 is 2.04 bits per heavy atom. The van der Waals surface area contributed by atoms with Gasteiger partial charge in [-0.1, -0.05) is 17.7 Å². The van der Waals surface area contributed by atoms with Crippen molar-refractivity contribution < 1.29 is 9.53 Å². The second-order valence-electron chi connectivity index (χ2n) is 6.36. The maximum atomic E-state index is 12.5. The average molecular weight is 384 g/mol. The minimum atomic E-state index is -0.0866. The highest BCUT2D eigenvalue weighted by Crippen LogP contribution is 2.39. The van der Waals surface area contributed by atoms with E-state index in [4.69, 9.17) is 16.3 Å². The number of methoxy groups -OCH3 is 1. The monoisotopic (exact) mass is 383 g/mol. The summed E-state index contributed by atoms with van der Waals surface area (Å²) in [7, 11) is 5.21. The van der Waals surface area contributed by atoms with Crippen LogP contribution in [-0.4, -0.2) is 39.7 Å². The molecule has 0 aliphatic carbocycles. The Morgan fingerprint density at radius 1 is 1.22 bits per heavy atom. The zero-order valence-electron chi connectivity index (χ0n) is 15.2. The molecule has 4 rings (SSSR count). The number of aromatic nitrogens is 3. The van der Waals surface area contributed by atoms with Crippen molar-refractivity contribution in [1.82, 2.24) is 19.7 Å². The van der Waals surface area contributed by atoms with E-state index in [1.165, 1.54) is 0 Å². The number of nitrogens with one attached hydrogen (secondary N) is 1. The molecule has 1 N–H and O–H groups in total. The van der Waals surface area contributed by atoms with E-state index in [0.29, 0.717) is 40.1 Å². The lowest BCUT2D eigenvalue weighted by atomic mass is 10.1. The maximum absolute atomic E-state index is 12.5. The molecule has 0 radical (unpaired) electrons. The molecule has 1 aliphatic rings. The largest absolute Gasteiger partial charge is 0.494 e. The maximum Gasteiger partial charge on any atom is 0.257 e. The third kappa shape index (κ3) is 3.00. The smallest absolute Gasteiger partial charge is 0.257 e. The number of carbonyl (C=O) groups is 1. The Labute approximate surface area is 161 Å². The Hall–Kier alpha value is -3.06. The van der Waals surface area contributed by atoms with Crippen LogP contribution >= 0.6 is 11.6 Å². The lowest BCUT2D eigenvalue weighted by molar-refractivity contribution is 0.0817. The van der Waals surface area contributed by atoms with E-state index in [2.05, 4.69) is 15.4 Å². The van der Waals surface area contributed by atoms with Crippen LogP contribution in [0.5, 0.6) is 5.75 Å². The van der Waals surface area contributed by atoms with Gasteiger partial charge in [0.25, 0.3) is 5.91 Å². The molecular formula is C19H18ClN5O2. The third-order valence-electron chi connectivity index (χ3n) is 4.49. The normalized spacial score (nSPS) is 13.0. The lowest BCUT2D eigenvalue weighted by Gasteiger charge is -2.16.